The summed E-state index contributed by atoms with van der Waals surface area (Å²) in [5.74, 6) is -0.649. The molecule has 1 aromatic heterocycles. The van der Waals surface area contributed by atoms with E-state index in [1.54, 1.807) is 0 Å². The Bertz CT molecular complexity index is 615. The third-order valence-electron chi connectivity index (χ3n) is 2.22. The number of fused-ring (bicyclic) bond motifs is 1. The van der Waals surface area contributed by atoms with Crippen LogP contribution in [0.2, 0.25) is 0 Å². The average molecular weight is 234 g/mol. The number of phenolic OH excluding ortho intramolecular Hbond substituents is 1. The van der Waals surface area contributed by atoms with Gasteiger partial charge in [0.15, 0.2) is 0 Å². The molecule has 0 fully saturated rings. The van der Waals surface area contributed by atoms with Gasteiger partial charge in [-0.3, -0.25) is 9.59 Å². The number of hydrogen-bond donors (Lipinski definition) is 1. The molecule has 0 aliphatic rings. The first-order valence-corrected chi connectivity index (χ1v) is 4.89. The Morgan fingerprint density at radius 1 is 1.35 bits per heavy atom. The summed E-state index contributed by atoms with van der Waals surface area (Å²) < 4.78 is 6.01. The molecule has 6 nitrogen and oxygen atoms in total. The van der Waals surface area contributed by atoms with Crippen LogP contribution < -0.4 is 4.74 Å². The number of phenols is 1. The molecule has 1 N–H and O–H groups in total. The number of hydrogen-bond acceptors (Lipinski definition) is 5. The van der Waals surface area contributed by atoms with Crippen molar-refractivity contribution >= 4 is 22.8 Å². The SMILES string of the molecule is CC(=O)Oc1ccc(O)c2c1cnn2C(C)=O. The molecule has 0 unspecified atom stereocenters. The topological polar surface area (TPSA) is 81.4 Å². The first-order valence-electron chi connectivity index (χ1n) is 4.89. The third-order valence-corrected chi connectivity index (χ3v) is 2.22. The zero-order valence-corrected chi connectivity index (χ0v) is 9.30. The molecule has 0 aliphatic carbocycles. The number of ether oxygens (including phenoxy) is 1. The van der Waals surface area contributed by atoms with Crippen LogP contribution in [-0.4, -0.2) is 26.8 Å². The van der Waals surface area contributed by atoms with Crippen molar-refractivity contribution < 1.29 is 19.4 Å². The molecule has 0 radical (unpaired) electrons. The number of aromatic hydroxyl groups is 1. The number of benzene rings is 1. The highest BCUT2D eigenvalue weighted by molar-refractivity contribution is 5.97. The molecule has 88 valence electrons. The van der Waals surface area contributed by atoms with Gasteiger partial charge < -0.3 is 9.84 Å². The molecule has 2 aromatic rings. The summed E-state index contributed by atoms with van der Waals surface area (Å²) in [6, 6.07) is 2.80. The molecule has 17 heavy (non-hydrogen) atoms. The van der Waals surface area contributed by atoms with Gasteiger partial charge in [-0.1, -0.05) is 0 Å². The summed E-state index contributed by atoms with van der Waals surface area (Å²) in [7, 11) is 0. The number of carbonyl (C=O) groups is 2. The lowest BCUT2D eigenvalue weighted by atomic mass is 10.2. The molecule has 1 aromatic carbocycles. The van der Waals surface area contributed by atoms with Crippen molar-refractivity contribution in [2.45, 2.75) is 13.8 Å². The molecule has 0 bridgehead atoms. The van der Waals surface area contributed by atoms with Crippen LogP contribution in [0.15, 0.2) is 18.3 Å². The smallest absolute Gasteiger partial charge is 0.308 e. The standard InChI is InChI=1S/C11H10N2O4/c1-6(14)13-11-8(5-12-13)10(17-7(2)15)4-3-9(11)16/h3-5,16H,1-2H3. The Morgan fingerprint density at radius 3 is 2.65 bits per heavy atom. The highest BCUT2D eigenvalue weighted by Crippen LogP contribution is 2.32. The Kier molecular flexibility index (Phi) is 2.55. The number of aromatic nitrogens is 2. The van der Waals surface area contributed by atoms with E-state index in [-0.39, 0.29) is 22.9 Å². The number of nitrogens with zero attached hydrogens (tertiary/aromatic N) is 2. The van der Waals surface area contributed by atoms with E-state index in [4.69, 9.17) is 4.74 Å². The molecule has 2 rings (SSSR count). The second-order valence-electron chi connectivity index (χ2n) is 3.51. The van der Waals surface area contributed by atoms with Crippen molar-refractivity contribution in [2.75, 3.05) is 0 Å². The molecule has 0 saturated carbocycles. The van der Waals surface area contributed by atoms with Crippen LogP contribution in [0.1, 0.15) is 18.6 Å². The molecule has 0 saturated heterocycles. The monoisotopic (exact) mass is 234 g/mol. The lowest BCUT2D eigenvalue weighted by Crippen LogP contribution is -2.07. The minimum absolute atomic E-state index is 0.0939. The summed E-state index contributed by atoms with van der Waals surface area (Å²) in [6.07, 6.45) is 1.37. The van der Waals surface area contributed by atoms with Crippen molar-refractivity contribution in [3.05, 3.63) is 18.3 Å². The van der Waals surface area contributed by atoms with Crippen LogP contribution in [0, 0.1) is 0 Å². The first kappa shape index (κ1) is 11.1. The second kappa shape index (κ2) is 3.89. The van der Waals surface area contributed by atoms with Gasteiger partial charge >= 0.3 is 5.97 Å². The van der Waals surface area contributed by atoms with E-state index in [1.165, 1.54) is 32.2 Å². The van der Waals surface area contributed by atoms with Crippen molar-refractivity contribution in [3.8, 4) is 11.5 Å². The molecule has 0 amide bonds. The number of rotatable bonds is 1. The van der Waals surface area contributed by atoms with Gasteiger partial charge in [0.2, 0.25) is 5.91 Å². The summed E-state index contributed by atoms with van der Waals surface area (Å²) in [5, 5.41) is 13.9. The zero-order chi connectivity index (χ0) is 12.6. The lowest BCUT2D eigenvalue weighted by molar-refractivity contribution is -0.131. The normalized spacial score (nSPS) is 10.5. The van der Waals surface area contributed by atoms with E-state index >= 15 is 0 Å². The maximum Gasteiger partial charge on any atom is 0.308 e. The summed E-state index contributed by atoms with van der Waals surface area (Å²) in [4.78, 5) is 22.2. The second-order valence-corrected chi connectivity index (χ2v) is 3.51. The van der Waals surface area contributed by atoms with Crippen LogP contribution >= 0.6 is 0 Å². The van der Waals surface area contributed by atoms with Crippen molar-refractivity contribution in [1.29, 1.82) is 0 Å². The van der Waals surface area contributed by atoms with Crippen molar-refractivity contribution in [3.63, 3.8) is 0 Å². The Hall–Kier alpha value is -2.37. The zero-order valence-electron chi connectivity index (χ0n) is 9.30. The van der Waals surface area contributed by atoms with E-state index in [1.807, 2.05) is 0 Å². The minimum Gasteiger partial charge on any atom is -0.506 e. The predicted molar refractivity (Wildman–Crippen MR) is 59.0 cm³/mol. The quantitative estimate of drug-likeness (QED) is 0.594. The fourth-order valence-electron chi connectivity index (χ4n) is 1.58. The van der Waals surface area contributed by atoms with Gasteiger partial charge in [-0.2, -0.15) is 9.78 Å². The predicted octanol–water partition coefficient (Wildman–Crippen LogP) is 1.33. The van der Waals surface area contributed by atoms with Crippen molar-refractivity contribution in [1.82, 2.24) is 9.78 Å². The Labute approximate surface area is 96.4 Å². The van der Waals surface area contributed by atoms with Gasteiger partial charge in [0, 0.05) is 13.8 Å². The van der Waals surface area contributed by atoms with Gasteiger partial charge in [-0.25, -0.2) is 0 Å². The van der Waals surface area contributed by atoms with Crippen molar-refractivity contribution in [2.24, 2.45) is 0 Å². The van der Waals surface area contributed by atoms with Gasteiger partial charge in [-0.05, 0) is 12.1 Å². The molecule has 6 heteroatoms. The molecular weight excluding hydrogens is 224 g/mol. The Balaban J connectivity index is 2.71. The highest BCUT2D eigenvalue weighted by Gasteiger charge is 2.15. The molecule has 0 atom stereocenters. The van der Waals surface area contributed by atoms with Gasteiger partial charge in [0.1, 0.15) is 17.0 Å². The van der Waals surface area contributed by atoms with Gasteiger partial charge in [-0.15, -0.1) is 0 Å². The van der Waals surface area contributed by atoms with E-state index in [0.29, 0.717) is 5.39 Å². The molecule has 0 aliphatic heterocycles. The van der Waals surface area contributed by atoms with Gasteiger partial charge in [0.25, 0.3) is 0 Å². The maximum atomic E-state index is 11.3. The lowest BCUT2D eigenvalue weighted by Gasteiger charge is -2.04. The summed E-state index contributed by atoms with van der Waals surface area (Å²) in [6.45, 7) is 2.60. The number of carbonyl (C=O) groups excluding carboxylic acids is 2. The summed E-state index contributed by atoms with van der Waals surface area (Å²) in [5.41, 5.74) is 0.233. The molecule has 0 spiro atoms. The van der Waals surface area contributed by atoms with Crippen LogP contribution in [0.25, 0.3) is 10.9 Å². The van der Waals surface area contributed by atoms with Crippen LogP contribution in [-0.2, 0) is 4.79 Å². The van der Waals surface area contributed by atoms with E-state index in [2.05, 4.69) is 5.10 Å². The summed E-state index contributed by atoms with van der Waals surface area (Å²) >= 11 is 0. The van der Waals surface area contributed by atoms with Crippen LogP contribution in [0.4, 0.5) is 0 Å². The van der Waals surface area contributed by atoms with Gasteiger partial charge in [0.05, 0.1) is 11.6 Å². The van der Waals surface area contributed by atoms with E-state index in [9.17, 15) is 14.7 Å². The number of esters is 1. The fourth-order valence-corrected chi connectivity index (χ4v) is 1.58. The third kappa shape index (κ3) is 1.84. The minimum atomic E-state index is -0.479. The van der Waals surface area contributed by atoms with E-state index in [0.717, 1.165) is 4.68 Å². The molecule has 1 heterocycles. The maximum absolute atomic E-state index is 11.3. The fraction of sp³-hybridized carbons (Fsp3) is 0.182. The van der Waals surface area contributed by atoms with Crippen LogP contribution in [0.3, 0.4) is 0 Å². The van der Waals surface area contributed by atoms with E-state index < -0.39 is 5.97 Å². The average Bonchev–Trinajstić information content (AvgIpc) is 2.67. The highest BCUT2D eigenvalue weighted by atomic mass is 16.5. The first-order chi connectivity index (χ1) is 8.00. The van der Waals surface area contributed by atoms with Crippen LogP contribution in [0.5, 0.6) is 11.5 Å². The molecular formula is C11H10N2O4. The Morgan fingerprint density at radius 2 is 2.06 bits per heavy atom. The largest absolute Gasteiger partial charge is 0.506 e.